The van der Waals surface area contributed by atoms with Gasteiger partial charge in [-0.05, 0) is 18.4 Å². The summed E-state index contributed by atoms with van der Waals surface area (Å²) >= 11 is 0. The van der Waals surface area contributed by atoms with Gasteiger partial charge in [-0.25, -0.2) is 0 Å². The maximum Gasteiger partial charge on any atom is 0.0646 e. The molecule has 0 aliphatic carbocycles. The molecule has 0 aliphatic rings. The van der Waals surface area contributed by atoms with Gasteiger partial charge in [0.05, 0.1) is 18.2 Å². The van der Waals surface area contributed by atoms with Crippen LogP contribution in [0, 0.1) is 0 Å². The Bertz CT molecular complexity index is 320. The van der Waals surface area contributed by atoms with Crippen LogP contribution < -0.4 is 0 Å². The minimum atomic E-state index is -0.756. The number of hydrogen-bond donors (Lipinski definition) is 2. The Labute approximate surface area is 148 Å². The molecule has 0 aliphatic heterocycles. The molecule has 0 unspecified atom stereocenters. The summed E-state index contributed by atoms with van der Waals surface area (Å²) in [4.78, 5) is 2.68. The molecule has 0 heterocycles. The summed E-state index contributed by atoms with van der Waals surface area (Å²) in [6.07, 6.45) is 15.4. The lowest BCUT2D eigenvalue weighted by Crippen LogP contribution is -2.26. The van der Waals surface area contributed by atoms with Crippen molar-refractivity contribution in [2.24, 2.45) is 5.11 Å². The van der Waals surface area contributed by atoms with E-state index in [1.807, 2.05) is 0 Å². The summed E-state index contributed by atoms with van der Waals surface area (Å²) in [6.45, 7) is 3.92. The summed E-state index contributed by atoms with van der Waals surface area (Å²) in [5.41, 5.74) is 8.33. The van der Waals surface area contributed by atoms with Gasteiger partial charge in [-0.15, -0.1) is 0 Å². The first-order valence-electron chi connectivity index (χ1n) is 10.0. The highest BCUT2D eigenvalue weighted by Gasteiger charge is 2.16. The number of aliphatic hydroxyl groups is 2. The van der Waals surface area contributed by atoms with Crippen LogP contribution in [-0.4, -0.2) is 28.5 Å². The predicted molar refractivity (Wildman–Crippen MR) is 101 cm³/mol. The number of rotatable bonds is 17. The molecule has 5 nitrogen and oxygen atoms in total. The fourth-order valence-corrected chi connectivity index (χ4v) is 2.97. The molecule has 0 bridgehead atoms. The van der Waals surface area contributed by atoms with E-state index in [1.54, 1.807) is 6.92 Å². The number of azide groups is 1. The molecule has 2 N–H and O–H groups in total. The van der Waals surface area contributed by atoms with Gasteiger partial charge in [0, 0.05) is 4.91 Å². The molecule has 0 aromatic carbocycles. The van der Waals surface area contributed by atoms with Gasteiger partial charge >= 0.3 is 0 Å². The molecular formula is C19H39N3O2. The van der Waals surface area contributed by atoms with E-state index in [0.29, 0.717) is 0 Å². The smallest absolute Gasteiger partial charge is 0.0646 e. The van der Waals surface area contributed by atoms with Crippen molar-refractivity contribution in [2.75, 3.05) is 0 Å². The zero-order chi connectivity index (χ0) is 18.0. The largest absolute Gasteiger partial charge is 0.393 e. The van der Waals surface area contributed by atoms with E-state index in [2.05, 4.69) is 16.9 Å². The van der Waals surface area contributed by atoms with Gasteiger partial charge in [0.25, 0.3) is 0 Å². The van der Waals surface area contributed by atoms with E-state index in [9.17, 15) is 10.2 Å². The van der Waals surface area contributed by atoms with Gasteiger partial charge in [0.1, 0.15) is 0 Å². The Hall–Kier alpha value is -0.770. The molecule has 0 saturated heterocycles. The quantitative estimate of drug-likeness (QED) is 0.149. The predicted octanol–water partition coefficient (Wildman–Crippen LogP) is 5.89. The molecule has 24 heavy (non-hydrogen) atoms. The zero-order valence-electron chi connectivity index (χ0n) is 15.9. The van der Waals surface area contributed by atoms with Crippen LogP contribution in [0.15, 0.2) is 5.11 Å². The van der Waals surface area contributed by atoms with Crippen molar-refractivity contribution in [3.8, 4) is 0 Å². The second-order valence-electron chi connectivity index (χ2n) is 7.08. The van der Waals surface area contributed by atoms with Crippen LogP contribution >= 0.6 is 0 Å². The van der Waals surface area contributed by atoms with Gasteiger partial charge in [0.2, 0.25) is 0 Å². The molecule has 142 valence electrons. The third-order valence-electron chi connectivity index (χ3n) is 4.70. The van der Waals surface area contributed by atoms with E-state index in [4.69, 9.17) is 5.53 Å². The number of nitrogens with zero attached hydrogens (tertiary/aromatic N) is 3. The Balaban J connectivity index is 3.36. The molecule has 0 aromatic heterocycles. The fraction of sp³-hybridized carbons (Fsp3) is 1.00. The molecule has 5 heteroatoms. The number of aliphatic hydroxyl groups excluding tert-OH is 2. The van der Waals surface area contributed by atoms with Crippen molar-refractivity contribution in [2.45, 2.75) is 122 Å². The second kappa shape index (κ2) is 17.1. The fourth-order valence-electron chi connectivity index (χ4n) is 2.97. The average molecular weight is 342 g/mol. The van der Waals surface area contributed by atoms with Gasteiger partial charge in [0.15, 0.2) is 0 Å². The van der Waals surface area contributed by atoms with E-state index in [-0.39, 0.29) is 6.42 Å². The average Bonchev–Trinajstić information content (AvgIpc) is 2.56. The Morgan fingerprint density at radius 2 is 1.29 bits per heavy atom. The number of hydrogen-bond acceptors (Lipinski definition) is 3. The molecule has 0 fully saturated rings. The first-order valence-corrected chi connectivity index (χ1v) is 10.0. The minimum absolute atomic E-state index is 0.290. The topological polar surface area (TPSA) is 89.2 Å². The van der Waals surface area contributed by atoms with Crippen molar-refractivity contribution in [3.63, 3.8) is 0 Å². The van der Waals surface area contributed by atoms with E-state index in [1.165, 1.54) is 64.2 Å². The Morgan fingerprint density at radius 3 is 1.75 bits per heavy atom. The highest BCUT2D eigenvalue weighted by molar-refractivity contribution is 4.74. The molecule has 3 atom stereocenters. The second-order valence-corrected chi connectivity index (χ2v) is 7.08. The first kappa shape index (κ1) is 23.2. The summed E-state index contributed by atoms with van der Waals surface area (Å²) in [6, 6.07) is -0.480. The van der Waals surface area contributed by atoms with Gasteiger partial charge in [-0.1, -0.05) is 96.0 Å². The summed E-state index contributed by atoms with van der Waals surface area (Å²) in [7, 11) is 0. The van der Waals surface area contributed by atoms with E-state index < -0.39 is 18.2 Å². The molecule has 0 radical (unpaired) electrons. The number of unbranched alkanes of at least 4 members (excludes halogenated alkanes) is 11. The third-order valence-corrected chi connectivity index (χ3v) is 4.70. The lowest BCUT2D eigenvalue weighted by atomic mass is 10.0. The first-order chi connectivity index (χ1) is 11.6. The maximum absolute atomic E-state index is 9.90. The highest BCUT2D eigenvalue weighted by atomic mass is 16.3. The van der Waals surface area contributed by atoms with Crippen LogP contribution in [0.2, 0.25) is 0 Å². The van der Waals surface area contributed by atoms with Crippen LogP contribution in [0.4, 0.5) is 0 Å². The van der Waals surface area contributed by atoms with Crippen molar-refractivity contribution in [1.82, 2.24) is 0 Å². The SMILES string of the molecule is CCCCCCCCCCCCCC[C@@H](O)C[C@@H](O)[C@H](C)N=[N+]=[N-]. The molecule has 0 aromatic rings. The lowest BCUT2D eigenvalue weighted by Gasteiger charge is -2.18. The molecular weight excluding hydrogens is 302 g/mol. The maximum atomic E-state index is 9.90. The normalized spacial score (nSPS) is 14.8. The van der Waals surface area contributed by atoms with Gasteiger partial charge < -0.3 is 10.2 Å². The minimum Gasteiger partial charge on any atom is -0.393 e. The summed E-state index contributed by atoms with van der Waals surface area (Å²) in [5, 5.41) is 23.2. The van der Waals surface area contributed by atoms with Crippen molar-refractivity contribution < 1.29 is 10.2 Å². The molecule has 0 rings (SSSR count). The van der Waals surface area contributed by atoms with Gasteiger partial charge in [-0.3, -0.25) is 0 Å². The zero-order valence-corrected chi connectivity index (χ0v) is 15.9. The summed E-state index contributed by atoms with van der Waals surface area (Å²) in [5.74, 6) is 0. The molecule has 0 amide bonds. The standard InChI is InChI=1S/C19H39N3O2/c1-3-4-5-6-7-8-9-10-11-12-13-14-15-18(23)16-19(24)17(2)21-22-20/h17-19,23-24H,3-16H2,1-2H3/t17-,18+,19+/m0/s1. The van der Waals surface area contributed by atoms with E-state index >= 15 is 0 Å². The third kappa shape index (κ3) is 14.8. The Kier molecular flexibility index (Phi) is 16.5. The summed E-state index contributed by atoms with van der Waals surface area (Å²) < 4.78 is 0. The molecule has 0 saturated carbocycles. The van der Waals surface area contributed by atoms with Crippen LogP contribution in [0.25, 0.3) is 10.4 Å². The lowest BCUT2D eigenvalue weighted by molar-refractivity contribution is 0.0630. The van der Waals surface area contributed by atoms with Crippen LogP contribution in [0.3, 0.4) is 0 Å². The van der Waals surface area contributed by atoms with Crippen molar-refractivity contribution in [3.05, 3.63) is 10.4 Å². The van der Waals surface area contributed by atoms with E-state index in [0.717, 1.165) is 19.3 Å². The Morgan fingerprint density at radius 1 is 0.833 bits per heavy atom. The molecule has 0 spiro atoms. The van der Waals surface area contributed by atoms with Crippen molar-refractivity contribution >= 4 is 0 Å². The highest BCUT2D eigenvalue weighted by Crippen LogP contribution is 2.15. The monoisotopic (exact) mass is 341 g/mol. The van der Waals surface area contributed by atoms with Crippen LogP contribution in [0.1, 0.15) is 104 Å². The van der Waals surface area contributed by atoms with Crippen molar-refractivity contribution in [1.29, 1.82) is 0 Å². The van der Waals surface area contributed by atoms with Gasteiger partial charge in [-0.2, -0.15) is 0 Å². The van der Waals surface area contributed by atoms with Crippen LogP contribution in [0.5, 0.6) is 0 Å². The van der Waals surface area contributed by atoms with Crippen LogP contribution in [-0.2, 0) is 0 Å².